The van der Waals surface area contributed by atoms with E-state index in [1.54, 1.807) is 0 Å². The third kappa shape index (κ3) is 4.72. The molecule has 3 rings (SSSR count). The van der Waals surface area contributed by atoms with Crippen LogP contribution in [0.5, 0.6) is 0 Å². The number of fused-ring (bicyclic) bond motifs is 1. The quantitative estimate of drug-likeness (QED) is 0.375. The molecule has 0 bridgehead atoms. The van der Waals surface area contributed by atoms with E-state index >= 15 is 0 Å². The van der Waals surface area contributed by atoms with Gasteiger partial charge in [0.05, 0.1) is 0 Å². The van der Waals surface area contributed by atoms with Crippen molar-refractivity contribution in [3.63, 3.8) is 0 Å². The molecule has 4 atom stereocenters. The summed E-state index contributed by atoms with van der Waals surface area (Å²) in [5.74, 6) is 0. The van der Waals surface area contributed by atoms with E-state index in [-0.39, 0.29) is 12.7 Å². The third-order valence-electron chi connectivity index (χ3n) is 5.61. The van der Waals surface area contributed by atoms with E-state index in [1.165, 1.54) is 16.8 Å². The van der Waals surface area contributed by atoms with E-state index in [0.29, 0.717) is 0 Å². The third-order valence-corrected chi connectivity index (χ3v) is 16.0. The van der Waals surface area contributed by atoms with Gasteiger partial charge in [-0.1, -0.05) is 0 Å². The molecule has 1 unspecified atom stereocenters. The topological polar surface area (TPSA) is 103 Å². The van der Waals surface area contributed by atoms with Gasteiger partial charge in [0.25, 0.3) is 0 Å². The zero-order valence-corrected chi connectivity index (χ0v) is 19.6. The molecule has 0 aliphatic carbocycles. The molecule has 0 spiro atoms. The van der Waals surface area contributed by atoms with Gasteiger partial charge in [-0.15, -0.1) is 0 Å². The number of nitrogens with zero attached hydrogens (tertiary/aromatic N) is 1. The Bertz CT molecular complexity index is 740. The predicted molar refractivity (Wildman–Crippen MR) is 106 cm³/mol. The van der Waals surface area contributed by atoms with E-state index in [4.69, 9.17) is 10.9 Å². The summed E-state index contributed by atoms with van der Waals surface area (Å²) in [4.78, 5) is 25.9. The number of H-pyrrole nitrogens is 1. The summed E-state index contributed by atoms with van der Waals surface area (Å²) in [5, 5.41) is 9.81. The van der Waals surface area contributed by atoms with Crippen LogP contribution in [0.15, 0.2) is 21.9 Å². The van der Waals surface area contributed by atoms with Crippen molar-refractivity contribution in [2.75, 3.05) is 6.61 Å². The van der Waals surface area contributed by atoms with Crippen LogP contribution in [-0.2, 0) is 10.9 Å². The van der Waals surface area contributed by atoms with Crippen molar-refractivity contribution in [3.8, 4) is 0 Å². The molecule has 28 heavy (non-hydrogen) atoms. The zero-order chi connectivity index (χ0) is 20.1. The van der Waals surface area contributed by atoms with Crippen LogP contribution < -0.4 is 11.2 Å². The number of aromatic nitrogens is 2. The molecule has 0 amide bonds. The van der Waals surface area contributed by atoms with E-state index in [9.17, 15) is 14.7 Å². The molecule has 0 radical (unpaired) electrons. The molecule has 2 saturated heterocycles. The van der Waals surface area contributed by atoms with Gasteiger partial charge in [-0.05, 0) is 0 Å². The molecule has 2 aliphatic heterocycles. The normalized spacial score (nSPS) is 28.5. The Hall–Kier alpha value is -0.681. The Balaban J connectivity index is 1.84. The molecular weight excluding hydrogens is 471 g/mol. The van der Waals surface area contributed by atoms with Crippen molar-refractivity contribution in [2.24, 2.45) is 0 Å². The Morgan fingerprint density at radius 2 is 1.71 bits per heavy atom. The van der Waals surface area contributed by atoms with Gasteiger partial charge in [0.1, 0.15) is 0 Å². The van der Waals surface area contributed by atoms with Crippen LogP contribution in [0, 0.1) is 0 Å². The second-order valence-corrected chi connectivity index (χ2v) is 17.2. The molecule has 2 fully saturated rings. The fourth-order valence-corrected chi connectivity index (χ4v) is 15.2. The van der Waals surface area contributed by atoms with Crippen LogP contribution in [0.25, 0.3) is 0 Å². The average molecular weight is 503 g/mol. The SMILES string of the molecule is CCCC[CH2][Sn]1([CH2]CCCC)[O]C2[C@@H](CO)O[C@@H](n3ccc(=O)[nH]c3=O)[C@H]2[O]1. The number of aliphatic hydroxyl groups is 1. The van der Waals surface area contributed by atoms with Crippen molar-refractivity contribution in [3.05, 3.63) is 33.1 Å². The number of rotatable bonds is 10. The number of hydrogen-bond donors (Lipinski definition) is 2. The first kappa shape index (κ1) is 22.0. The number of aliphatic hydroxyl groups excluding tert-OH is 1. The number of ether oxygens (including phenoxy) is 1. The average Bonchev–Trinajstić information content (AvgIpc) is 3.18. The molecule has 0 aromatic carbocycles. The Labute approximate surface area is 170 Å². The Morgan fingerprint density at radius 1 is 1.07 bits per heavy atom. The molecular formula is C19H32N2O6Sn. The first-order valence-corrected chi connectivity index (χ1v) is 16.8. The summed E-state index contributed by atoms with van der Waals surface area (Å²) in [5.41, 5.74) is -0.992. The molecule has 1 aromatic rings. The Kier molecular flexibility index (Phi) is 7.77. The van der Waals surface area contributed by atoms with E-state index in [0.717, 1.165) is 47.4 Å². The van der Waals surface area contributed by atoms with Crippen LogP contribution >= 0.6 is 0 Å². The van der Waals surface area contributed by atoms with Crippen LogP contribution in [0.3, 0.4) is 0 Å². The molecule has 9 heteroatoms. The zero-order valence-electron chi connectivity index (χ0n) is 16.8. The van der Waals surface area contributed by atoms with Crippen molar-refractivity contribution in [1.29, 1.82) is 0 Å². The fourth-order valence-electron chi connectivity index (χ4n) is 4.15. The van der Waals surface area contributed by atoms with Crippen LogP contribution in [0.2, 0.25) is 8.87 Å². The summed E-state index contributed by atoms with van der Waals surface area (Å²) in [6, 6.07) is 1.29. The summed E-state index contributed by atoms with van der Waals surface area (Å²) in [7, 11) is 0. The minimum absolute atomic E-state index is 0.189. The summed E-state index contributed by atoms with van der Waals surface area (Å²) >= 11 is -3.33. The summed E-state index contributed by atoms with van der Waals surface area (Å²) in [6.07, 6.45) is 6.20. The second kappa shape index (κ2) is 9.88. The van der Waals surface area contributed by atoms with Crippen molar-refractivity contribution >= 4 is 19.2 Å². The minimum atomic E-state index is -3.33. The van der Waals surface area contributed by atoms with Crippen LogP contribution in [0.1, 0.15) is 58.6 Å². The van der Waals surface area contributed by atoms with Gasteiger partial charge in [-0.2, -0.15) is 0 Å². The second-order valence-electron chi connectivity index (χ2n) is 7.75. The maximum absolute atomic E-state index is 12.3. The Morgan fingerprint density at radius 3 is 2.29 bits per heavy atom. The van der Waals surface area contributed by atoms with Gasteiger partial charge in [0, 0.05) is 0 Å². The summed E-state index contributed by atoms with van der Waals surface area (Å²) in [6.45, 7) is 4.17. The monoisotopic (exact) mass is 504 g/mol. The van der Waals surface area contributed by atoms with Gasteiger partial charge in [0.15, 0.2) is 0 Å². The maximum atomic E-state index is 12.3. The van der Waals surface area contributed by atoms with E-state index in [1.807, 2.05) is 0 Å². The van der Waals surface area contributed by atoms with Crippen molar-refractivity contribution < 1.29 is 16.0 Å². The molecule has 2 N–H and O–H groups in total. The molecule has 8 nitrogen and oxygen atoms in total. The van der Waals surface area contributed by atoms with Gasteiger partial charge < -0.3 is 0 Å². The van der Waals surface area contributed by atoms with Crippen molar-refractivity contribution in [1.82, 2.24) is 9.55 Å². The molecule has 1 aromatic heterocycles. The predicted octanol–water partition coefficient (Wildman–Crippen LogP) is 2.03. The van der Waals surface area contributed by atoms with Gasteiger partial charge in [0.2, 0.25) is 0 Å². The number of hydrogen-bond acceptors (Lipinski definition) is 6. The van der Waals surface area contributed by atoms with E-state index < -0.39 is 48.9 Å². The van der Waals surface area contributed by atoms with Crippen LogP contribution in [0.4, 0.5) is 0 Å². The van der Waals surface area contributed by atoms with E-state index in [2.05, 4.69) is 18.8 Å². The van der Waals surface area contributed by atoms with Gasteiger partial charge >= 0.3 is 170 Å². The molecule has 0 saturated carbocycles. The molecule has 3 heterocycles. The van der Waals surface area contributed by atoms with Gasteiger partial charge in [-0.25, -0.2) is 0 Å². The number of nitrogens with one attached hydrogen (secondary N) is 1. The van der Waals surface area contributed by atoms with Crippen LogP contribution in [-0.4, -0.2) is 58.8 Å². The molecule has 158 valence electrons. The number of unbranched alkanes of at least 4 members (excludes halogenated alkanes) is 4. The molecule has 2 aliphatic rings. The fraction of sp³-hybridized carbons (Fsp3) is 0.789. The number of aromatic amines is 1. The van der Waals surface area contributed by atoms with Gasteiger partial charge in [-0.3, -0.25) is 0 Å². The van der Waals surface area contributed by atoms with Crippen molar-refractivity contribution in [2.45, 2.75) is 85.8 Å². The standard InChI is InChI=1S/C9H10N2O6.2C5H11.Sn/c12-3-4-6(14)7(15)8(17-4)11-2-1-5(13)10-9(11)16;2*1-3-5-4-2;/h1-2,4,6-8,12H,3H2,(H,10,13,16);2*1,3-5H2,2H3;/q-2;;;+2/t4-,6?,7+,8-;;;/m1.../s1. The summed E-state index contributed by atoms with van der Waals surface area (Å²) < 4.78 is 22.5. The first-order valence-electron chi connectivity index (χ1n) is 10.5. The first-order chi connectivity index (χ1) is 13.5.